The molecule has 6 aliphatic rings. The highest BCUT2D eigenvalue weighted by Gasteiger charge is 2.42. The van der Waals surface area contributed by atoms with E-state index in [4.69, 9.17) is 20.0 Å². The van der Waals surface area contributed by atoms with Gasteiger partial charge in [-0.2, -0.15) is 0 Å². The number of hydrogen-bond donors (Lipinski definition) is 1. The molecular weight excluding hydrogens is 500 g/mol. The predicted molar refractivity (Wildman–Crippen MR) is 159 cm³/mol. The zero-order chi connectivity index (χ0) is 28.5. The highest BCUT2D eigenvalue weighted by molar-refractivity contribution is 6.38. The standard InChI is InChI=1S/C33H34N4O3/c1-7-19-15(3)23-12-25-17(5)21(9-10-30(39)40)32(36-25)22-11-29(38)31-18(6)26(37-33(22)31)14-28-20(8-2)16(4)24(35-28)13-27(19)34-23/h12-14,17,21H,7-11H2,1-6H3,(H,39,40). The highest BCUT2D eigenvalue weighted by Crippen LogP contribution is 2.45. The van der Waals surface area contributed by atoms with Crippen molar-refractivity contribution in [2.75, 3.05) is 0 Å². The third kappa shape index (κ3) is 3.94. The van der Waals surface area contributed by atoms with Crippen LogP contribution in [0.15, 0.2) is 100.0 Å². The minimum atomic E-state index is -0.834. The maximum Gasteiger partial charge on any atom is 0.303 e. The van der Waals surface area contributed by atoms with Gasteiger partial charge in [-0.15, -0.1) is 0 Å². The Kier molecular flexibility index (Phi) is 6.28. The maximum absolute atomic E-state index is 13.3. The lowest BCUT2D eigenvalue weighted by Crippen LogP contribution is -2.17. The molecule has 40 heavy (non-hydrogen) atoms. The number of rotatable bonds is 5. The number of carbonyl (C=O) groups is 2. The Labute approximate surface area is 234 Å². The first kappa shape index (κ1) is 26.2. The van der Waals surface area contributed by atoms with Crippen LogP contribution in [0.25, 0.3) is 0 Å². The lowest BCUT2D eigenvalue weighted by molar-refractivity contribution is -0.137. The first-order valence-electron chi connectivity index (χ1n) is 14.2. The van der Waals surface area contributed by atoms with Gasteiger partial charge in [0.2, 0.25) is 0 Å². The zero-order valence-electron chi connectivity index (χ0n) is 24.0. The predicted octanol–water partition coefficient (Wildman–Crippen LogP) is 6.58. The third-order valence-corrected chi connectivity index (χ3v) is 9.09. The van der Waals surface area contributed by atoms with E-state index in [1.165, 1.54) is 11.1 Å². The molecule has 1 saturated carbocycles. The van der Waals surface area contributed by atoms with Gasteiger partial charge >= 0.3 is 5.97 Å². The lowest BCUT2D eigenvalue weighted by Gasteiger charge is -2.17. The van der Waals surface area contributed by atoms with Crippen LogP contribution in [0.3, 0.4) is 0 Å². The number of carboxylic acid groups (broad SMARTS) is 1. The monoisotopic (exact) mass is 534 g/mol. The number of hydrogen-bond acceptors (Lipinski definition) is 6. The Hall–Kier alpha value is -4.00. The van der Waals surface area contributed by atoms with Crippen LogP contribution >= 0.6 is 0 Å². The van der Waals surface area contributed by atoms with Crippen LogP contribution in [0, 0.1) is 11.8 Å². The summed E-state index contributed by atoms with van der Waals surface area (Å²) in [5, 5.41) is 9.49. The second kappa shape index (κ2) is 9.58. The van der Waals surface area contributed by atoms with E-state index in [2.05, 4.69) is 46.8 Å². The van der Waals surface area contributed by atoms with E-state index < -0.39 is 5.97 Å². The summed E-state index contributed by atoms with van der Waals surface area (Å²) in [6.07, 6.45) is 8.57. The molecule has 204 valence electrons. The molecule has 0 amide bonds. The van der Waals surface area contributed by atoms with E-state index in [9.17, 15) is 14.7 Å². The van der Waals surface area contributed by atoms with E-state index in [1.807, 2.05) is 13.0 Å². The number of carboxylic acids is 1. The number of aliphatic imine (C=N–C) groups is 4. The van der Waals surface area contributed by atoms with Crippen LogP contribution in [-0.2, 0) is 9.59 Å². The lowest BCUT2D eigenvalue weighted by atomic mass is 9.84. The normalized spacial score (nSPS) is 25.4. The number of Topliss-reactive ketones (excluding diaryl/α,β-unsaturated/α-hetero) is 1. The Balaban J connectivity index is 1.63. The number of nitrogens with zero attached hydrogens (tertiary/aromatic N) is 4. The van der Waals surface area contributed by atoms with Crippen molar-refractivity contribution in [1.29, 1.82) is 0 Å². The van der Waals surface area contributed by atoms with Crippen LogP contribution < -0.4 is 0 Å². The summed E-state index contributed by atoms with van der Waals surface area (Å²) in [4.78, 5) is 45.1. The van der Waals surface area contributed by atoms with Crippen molar-refractivity contribution in [3.63, 3.8) is 0 Å². The molecule has 5 aliphatic heterocycles. The summed E-state index contributed by atoms with van der Waals surface area (Å²) in [5.41, 5.74) is 13.7. The van der Waals surface area contributed by atoms with E-state index in [0.717, 1.165) is 75.1 Å². The van der Waals surface area contributed by atoms with Gasteiger partial charge in [-0.25, -0.2) is 15.0 Å². The molecule has 0 aromatic rings. The maximum atomic E-state index is 13.3. The minimum absolute atomic E-state index is 0.0133. The SMILES string of the molecule is CCC1=C(C)C2=CC3=NC(=C4CC(=O)C5=C(C)C(=CC6=NC(=CC1=N2)C(C)=C6CC)N=C45)C(CCC(=O)O)C3C. The molecule has 2 atom stereocenters. The molecule has 7 nitrogen and oxygen atoms in total. The average Bonchev–Trinajstić information content (AvgIpc) is 3.65. The summed E-state index contributed by atoms with van der Waals surface area (Å²) in [6, 6.07) is 0. The summed E-state index contributed by atoms with van der Waals surface area (Å²) in [5.74, 6) is -0.917. The van der Waals surface area contributed by atoms with Crippen molar-refractivity contribution in [2.24, 2.45) is 31.8 Å². The quantitative estimate of drug-likeness (QED) is 0.431. The fourth-order valence-corrected chi connectivity index (χ4v) is 6.77. The molecular formula is C33H34N4O3. The molecule has 0 aromatic heterocycles. The minimum Gasteiger partial charge on any atom is -0.481 e. The average molecular weight is 535 g/mol. The van der Waals surface area contributed by atoms with Crippen LogP contribution in [0.5, 0.6) is 0 Å². The number of aliphatic carboxylic acids is 1. The Morgan fingerprint density at radius 1 is 0.875 bits per heavy atom. The van der Waals surface area contributed by atoms with E-state index in [0.29, 0.717) is 17.7 Å². The molecule has 6 rings (SSSR count). The van der Waals surface area contributed by atoms with Crippen molar-refractivity contribution in [3.05, 3.63) is 80.0 Å². The van der Waals surface area contributed by atoms with Gasteiger partial charge in [-0.05, 0) is 86.1 Å². The fraction of sp³-hybridized carbons (Fsp3) is 0.394. The van der Waals surface area contributed by atoms with Crippen molar-refractivity contribution in [1.82, 2.24) is 0 Å². The van der Waals surface area contributed by atoms with Gasteiger partial charge in [-0.3, -0.25) is 14.6 Å². The summed E-state index contributed by atoms with van der Waals surface area (Å²) < 4.78 is 0. The molecule has 1 N–H and O–H groups in total. The van der Waals surface area contributed by atoms with Gasteiger partial charge in [-0.1, -0.05) is 20.8 Å². The molecule has 1 aliphatic carbocycles. The molecule has 8 bridgehead atoms. The second-order valence-corrected chi connectivity index (χ2v) is 11.3. The number of fused-ring (bicyclic) bond motifs is 4. The molecule has 7 heteroatoms. The van der Waals surface area contributed by atoms with Crippen LogP contribution in [-0.4, -0.2) is 39.7 Å². The van der Waals surface area contributed by atoms with Gasteiger partial charge < -0.3 is 5.11 Å². The number of allylic oxidation sites excluding steroid dienone is 11. The van der Waals surface area contributed by atoms with Crippen LogP contribution in [0.4, 0.5) is 0 Å². The third-order valence-electron chi connectivity index (χ3n) is 9.09. The van der Waals surface area contributed by atoms with E-state index in [1.54, 1.807) is 0 Å². The second-order valence-electron chi connectivity index (χ2n) is 11.3. The molecule has 0 aromatic carbocycles. The largest absolute Gasteiger partial charge is 0.481 e. The fourth-order valence-electron chi connectivity index (χ4n) is 6.77. The number of carbonyl (C=O) groups excluding carboxylic acids is 1. The summed E-state index contributed by atoms with van der Waals surface area (Å²) in [6.45, 7) is 12.5. The van der Waals surface area contributed by atoms with Gasteiger partial charge in [0.05, 0.1) is 39.9 Å². The topological polar surface area (TPSA) is 104 Å². The summed E-state index contributed by atoms with van der Waals surface area (Å²) in [7, 11) is 0. The first-order valence-corrected chi connectivity index (χ1v) is 14.2. The van der Waals surface area contributed by atoms with E-state index in [-0.39, 0.29) is 30.5 Å². The van der Waals surface area contributed by atoms with Gasteiger partial charge in [0, 0.05) is 41.5 Å². The molecule has 0 spiro atoms. The van der Waals surface area contributed by atoms with Crippen LogP contribution in [0.2, 0.25) is 0 Å². The van der Waals surface area contributed by atoms with E-state index >= 15 is 0 Å². The Morgan fingerprint density at radius 2 is 1.45 bits per heavy atom. The van der Waals surface area contributed by atoms with Crippen molar-refractivity contribution < 1.29 is 14.7 Å². The number of ketones is 1. The summed E-state index contributed by atoms with van der Waals surface area (Å²) >= 11 is 0. The molecule has 2 unspecified atom stereocenters. The van der Waals surface area contributed by atoms with Crippen molar-refractivity contribution >= 4 is 34.6 Å². The Morgan fingerprint density at radius 3 is 2.02 bits per heavy atom. The molecule has 5 heterocycles. The van der Waals surface area contributed by atoms with Crippen molar-refractivity contribution in [2.45, 2.75) is 73.6 Å². The van der Waals surface area contributed by atoms with Gasteiger partial charge in [0.15, 0.2) is 5.78 Å². The molecule has 1 fully saturated rings. The van der Waals surface area contributed by atoms with Gasteiger partial charge in [0.1, 0.15) is 0 Å². The van der Waals surface area contributed by atoms with Gasteiger partial charge in [0.25, 0.3) is 0 Å². The zero-order valence-corrected chi connectivity index (χ0v) is 24.0. The van der Waals surface area contributed by atoms with Crippen LogP contribution in [0.1, 0.15) is 73.6 Å². The highest BCUT2D eigenvalue weighted by atomic mass is 16.4. The Bertz CT molecular complexity index is 1660. The molecule has 0 saturated heterocycles. The smallest absolute Gasteiger partial charge is 0.303 e. The van der Waals surface area contributed by atoms with Crippen molar-refractivity contribution in [3.8, 4) is 0 Å². The molecule has 0 radical (unpaired) electrons. The first-order chi connectivity index (χ1) is 19.1.